The van der Waals surface area contributed by atoms with E-state index in [1.807, 2.05) is 0 Å². The summed E-state index contributed by atoms with van der Waals surface area (Å²) < 4.78 is 16.3. The minimum Gasteiger partial charge on any atom is -0.493 e. The molecular formula is C17H16ClN3O4S. The Balaban J connectivity index is 1.63. The minimum absolute atomic E-state index is 0.213. The van der Waals surface area contributed by atoms with Crippen LogP contribution in [0.5, 0.6) is 17.2 Å². The molecule has 0 saturated carbocycles. The van der Waals surface area contributed by atoms with Gasteiger partial charge < -0.3 is 19.5 Å². The van der Waals surface area contributed by atoms with E-state index >= 15 is 0 Å². The van der Waals surface area contributed by atoms with Crippen molar-refractivity contribution in [1.29, 1.82) is 0 Å². The smallest absolute Gasteiger partial charge is 0.269 e. The quantitative estimate of drug-likeness (QED) is 0.546. The zero-order chi connectivity index (χ0) is 18.5. The summed E-state index contributed by atoms with van der Waals surface area (Å²) in [5.41, 5.74) is 6.18. The van der Waals surface area contributed by atoms with Gasteiger partial charge in [-0.3, -0.25) is 15.6 Å². The van der Waals surface area contributed by atoms with Crippen LogP contribution in [-0.4, -0.2) is 31.3 Å². The van der Waals surface area contributed by atoms with Crippen molar-refractivity contribution in [3.8, 4) is 17.2 Å². The molecule has 1 aliphatic rings. The number of hydrazine groups is 1. The third-order valence-electron chi connectivity index (χ3n) is 3.46. The van der Waals surface area contributed by atoms with E-state index in [2.05, 4.69) is 16.2 Å². The van der Waals surface area contributed by atoms with Crippen LogP contribution in [0.15, 0.2) is 36.4 Å². The van der Waals surface area contributed by atoms with Crippen molar-refractivity contribution in [1.82, 2.24) is 10.9 Å². The number of methoxy groups -OCH3 is 1. The molecule has 3 rings (SSSR count). The maximum absolute atomic E-state index is 12.4. The van der Waals surface area contributed by atoms with Crippen molar-refractivity contribution in [2.75, 3.05) is 25.6 Å². The average molecular weight is 394 g/mol. The average Bonchev–Trinajstić information content (AvgIpc) is 2.65. The van der Waals surface area contributed by atoms with Gasteiger partial charge in [-0.25, -0.2) is 0 Å². The summed E-state index contributed by atoms with van der Waals surface area (Å²) in [5, 5.41) is 3.70. The first-order valence-corrected chi connectivity index (χ1v) is 8.46. The summed E-state index contributed by atoms with van der Waals surface area (Å²) in [5.74, 6) is 0.962. The highest BCUT2D eigenvalue weighted by molar-refractivity contribution is 7.80. The lowest BCUT2D eigenvalue weighted by molar-refractivity contribution is 0.0942. The molecule has 0 radical (unpaired) electrons. The molecule has 26 heavy (non-hydrogen) atoms. The number of rotatable bonds is 3. The van der Waals surface area contributed by atoms with Crippen molar-refractivity contribution in [3.63, 3.8) is 0 Å². The van der Waals surface area contributed by atoms with Gasteiger partial charge in [-0.15, -0.1) is 0 Å². The van der Waals surface area contributed by atoms with Gasteiger partial charge in [0.1, 0.15) is 13.2 Å². The number of halogens is 1. The molecule has 3 N–H and O–H groups in total. The highest BCUT2D eigenvalue weighted by Gasteiger charge is 2.21. The van der Waals surface area contributed by atoms with Gasteiger partial charge >= 0.3 is 0 Å². The first-order valence-electron chi connectivity index (χ1n) is 7.67. The standard InChI is InChI=1S/C17H16ClN3O4S/c1-23-13-7-10(8-14-15(13)25-6-5-24-14)16(22)20-21-17(26)19-12-4-2-3-11(18)9-12/h2-4,7-9H,5-6H2,1H3,(H,20,22)(H2,19,21,26). The number of hydrogen-bond donors (Lipinski definition) is 3. The van der Waals surface area contributed by atoms with Crippen molar-refractivity contribution in [3.05, 3.63) is 47.0 Å². The second-order valence-electron chi connectivity index (χ2n) is 5.25. The molecule has 136 valence electrons. The van der Waals surface area contributed by atoms with Crippen molar-refractivity contribution in [2.45, 2.75) is 0 Å². The van der Waals surface area contributed by atoms with Gasteiger partial charge in [-0.05, 0) is 42.5 Å². The first-order chi connectivity index (χ1) is 12.6. The van der Waals surface area contributed by atoms with Crippen LogP contribution in [0.2, 0.25) is 5.02 Å². The second kappa shape index (κ2) is 8.11. The summed E-state index contributed by atoms with van der Waals surface area (Å²) in [6.45, 7) is 0.840. The minimum atomic E-state index is -0.407. The molecule has 0 spiro atoms. The van der Waals surface area contributed by atoms with E-state index in [0.717, 1.165) is 0 Å². The Morgan fingerprint density at radius 1 is 1.19 bits per heavy atom. The van der Waals surface area contributed by atoms with Gasteiger partial charge in [0.2, 0.25) is 5.75 Å². The van der Waals surface area contributed by atoms with E-state index in [0.29, 0.717) is 46.7 Å². The predicted molar refractivity (Wildman–Crippen MR) is 102 cm³/mol. The van der Waals surface area contributed by atoms with Crippen molar-refractivity contribution >= 4 is 40.5 Å². The van der Waals surface area contributed by atoms with E-state index in [-0.39, 0.29) is 5.11 Å². The van der Waals surface area contributed by atoms with Crippen LogP contribution in [0.1, 0.15) is 10.4 Å². The van der Waals surface area contributed by atoms with Gasteiger partial charge in [-0.1, -0.05) is 17.7 Å². The lowest BCUT2D eigenvalue weighted by atomic mass is 10.1. The SMILES string of the molecule is COc1cc(C(=O)NNC(=S)Nc2cccc(Cl)c2)cc2c1OCCO2. The molecule has 1 aliphatic heterocycles. The van der Waals surface area contributed by atoms with E-state index in [1.54, 1.807) is 36.4 Å². The molecule has 7 nitrogen and oxygen atoms in total. The molecule has 0 aromatic heterocycles. The van der Waals surface area contributed by atoms with E-state index in [1.165, 1.54) is 7.11 Å². The Kier molecular flexibility index (Phi) is 5.65. The number of hydrogen-bond acceptors (Lipinski definition) is 5. The van der Waals surface area contributed by atoms with E-state index in [4.69, 9.17) is 38.0 Å². The Morgan fingerprint density at radius 2 is 2.00 bits per heavy atom. The number of thiocarbonyl (C=S) groups is 1. The number of nitrogens with one attached hydrogen (secondary N) is 3. The summed E-state index contributed by atoms with van der Waals surface area (Å²) in [4.78, 5) is 12.4. The fraction of sp³-hybridized carbons (Fsp3) is 0.176. The predicted octanol–water partition coefficient (Wildman–Crippen LogP) is 2.75. The van der Waals surface area contributed by atoms with Crippen LogP contribution in [-0.2, 0) is 0 Å². The first kappa shape index (κ1) is 18.1. The zero-order valence-corrected chi connectivity index (χ0v) is 15.4. The van der Waals surface area contributed by atoms with E-state index < -0.39 is 5.91 Å². The molecule has 1 heterocycles. The maximum Gasteiger partial charge on any atom is 0.269 e. The highest BCUT2D eigenvalue weighted by Crippen LogP contribution is 2.40. The monoisotopic (exact) mass is 393 g/mol. The fourth-order valence-corrected chi connectivity index (χ4v) is 2.68. The molecule has 0 aliphatic carbocycles. The molecule has 9 heteroatoms. The molecule has 0 unspecified atom stereocenters. The summed E-state index contributed by atoms with van der Waals surface area (Å²) in [7, 11) is 1.50. The molecule has 0 atom stereocenters. The maximum atomic E-state index is 12.4. The fourth-order valence-electron chi connectivity index (χ4n) is 2.32. The number of carbonyl (C=O) groups excluding carboxylic acids is 1. The molecule has 0 saturated heterocycles. The molecule has 0 fully saturated rings. The topological polar surface area (TPSA) is 80.9 Å². The third kappa shape index (κ3) is 4.27. The number of ether oxygens (including phenoxy) is 3. The number of carbonyl (C=O) groups is 1. The Bertz CT molecular complexity index is 830. The number of fused-ring (bicyclic) bond motifs is 1. The number of amides is 1. The van der Waals surface area contributed by atoms with Crippen LogP contribution in [0.25, 0.3) is 0 Å². The lowest BCUT2D eigenvalue weighted by Gasteiger charge is -2.21. The molecule has 2 aromatic rings. The Morgan fingerprint density at radius 3 is 2.77 bits per heavy atom. The number of anilines is 1. The zero-order valence-electron chi connectivity index (χ0n) is 13.8. The van der Waals surface area contributed by atoms with Crippen molar-refractivity contribution < 1.29 is 19.0 Å². The molecule has 1 amide bonds. The summed E-state index contributed by atoms with van der Waals surface area (Å²) >= 11 is 11.1. The van der Waals surface area contributed by atoms with Gasteiger partial charge in [0.05, 0.1) is 7.11 Å². The van der Waals surface area contributed by atoms with Crippen LogP contribution in [0.4, 0.5) is 5.69 Å². The van der Waals surface area contributed by atoms with Gasteiger partial charge in [-0.2, -0.15) is 0 Å². The van der Waals surface area contributed by atoms with Gasteiger partial charge in [0.25, 0.3) is 5.91 Å². The van der Waals surface area contributed by atoms with Gasteiger partial charge in [0, 0.05) is 16.3 Å². The molecule has 0 bridgehead atoms. The van der Waals surface area contributed by atoms with Crippen LogP contribution < -0.4 is 30.4 Å². The largest absolute Gasteiger partial charge is 0.493 e. The second-order valence-corrected chi connectivity index (χ2v) is 6.09. The summed E-state index contributed by atoms with van der Waals surface area (Å²) in [6, 6.07) is 10.2. The summed E-state index contributed by atoms with van der Waals surface area (Å²) in [6.07, 6.45) is 0. The highest BCUT2D eigenvalue weighted by atomic mass is 35.5. The van der Waals surface area contributed by atoms with E-state index in [9.17, 15) is 4.79 Å². The Hall–Kier alpha value is -2.71. The molecular weight excluding hydrogens is 378 g/mol. The van der Waals surface area contributed by atoms with Crippen LogP contribution in [0.3, 0.4) is 0 Å². The lowest BCUT2D eigenvalue weighted by Crippen LogP contribution is -2.43. The van der Waals surface area contributed by atoms with Crippen LogP contribution >= 0.6 is 23.8 Å². The Labute approximate surface area is 160 Å². The van der Waals surface area contributed by atoms with Gasteiger partial charge in [0.15, 0.2) is 16.6 Å². The molecule has 2 aromatic carbocycles. The normalized spacial score (nSPS) is 12.1. The van der Waals surface area contributed by atoms with Crippen molar-refractivity contribution in [2.24, 2.45) is 0 Å². The number of benzene rings is 2. The van der Waals surface area contributed by atoms with Crippen LogP contribution in [0, 0.1) is 0 Å². The third-order valence-corrected chi connectivity index (χ3v) is 3.90.